The Kier molecular flexibility index (Phi) is 3.86. The van der Waals surface area contributed by atoms with Crippen LogP contribution in [-0.2, 0) is 0 Å². The van der Waals surface area contributed by atoms with Gasteiger partial charge in [-0.15, -0.1) is 11.3 Å². The summed E-state index contributed by atoms with van der Waals surface area (Å²) in [6.45, 7) is 0. The van der Waals surface area contributed by atoms with Gasteiger partial charge in [-0.05, 0) is 34.8 Å². The number of ketones is 1. The molecule has 0 radical (unpaired) electrons. The van der Waals surface area contributed by atoms with Crippen LogP contribution < -0.4 is 0 Å². The number of Topliss-reactive ketones (excluding diaryl/α,β-unsaturated/α-hetero) is 1. The van der Waals surface area contributed by atoms with E-state index >= 15 is 0 Å². The number of halogens is 2. The van der Waals surface area contributed by atoms with Crippen LogP contribution in [0.3, 0.4) is 0 Å². The zero-order valence-corrected chi connectivity index (χ0v) is 11.4. The first-order valence-electron chi connectivity index (χ1n) is 5.17. The zero-order valence-electron chi connectivity index (χ0n) is 8.26. The fraction of sp³-hybridized carbons (Fsp3) is 0.545. The number of hydrogen-bond donors (Lipinski definition) is 0. The number of carbonyl (C=O) groups is 1. The third kappa shape index (κ3) is 2.63. The van der Waals surface area contributed by atoms with Crippen LogP contribution >= 0.6 is 38.9 Å². The van der Waals surface area contributed by atoms with E-state index < -0.39 is 0 Å². The van der Waals surface area contributed by atoms with E-state index in [2.05, 4.69) is 15.9 Å². The summed E-state index contributed by atoms with van der Waals surface area (Å²) < 4.78 is 0.864. The van der Waals surface area contributed by atoms with Crippen LogP contribution in [-0.4, -0.2) is 5.78 Å². The highest BCUT2D eigenvalue weighted by molar-refractivity contribution is 9.11. The van der Waals surface area contributed by atoms with Crippen molar-refractivity contribution in [3.05, 3.63) is 19.8 Å². The van der Waals surface area contributed by atoms with Gasteiger partial charge in [0.1, 0.15) is 0 Å². The molecule has 1 aromatic rings. The molecule has 1 heterocycles. The summed E-state index contributed by atoms with van der Waals surface area (Å²) >= 11 is 10.7. The standard InChI is InChI=1S/C11H12BrClOS/c12-11-8(13)6-9(15-11)10(14)7-4-2-1-3-5-7/h6-7H,1-5H2. The molecule has 0 amide bonds. The zero-order chi connectivity index (χ0) is 10.8. The fourth-order valence-electron chi connectivity index (χ4n) is 2.03. The average molecular weight is 308 g/mol. The fourth-order valence-corrected chi connectivity index (χ4v) is 3.75. The van der Waals surface area contributed by atoms with Crippen LogP contribution in [0.5, 0.6) is 0 Å². The molecule has 0 saturated heterocycles. The Balaban J connectivity index is 2.12. The lowest BCUT2D eigenvalue weighted by Crippen LogP contribution is -2.16. The topological polar surface area (TPSA) is 17.1 Å². The molecule has 0 aliphatic heterocycles. The normalized spacial score (nSPS) is 18.0. The molecule has 1 aliphatic rings. The Hall–Kier alpha value is 0.140. The first-order valence-corrected chi connectivity index (χ1v) is 7.16. The molecule has 0 spiro atoms. The van der Waals surface area contributed by atoms with Crippen LogP contribution in [0, 0.1) is 5.92 Å². The summed E-state index contributed by atoms with van der Waals surface area (Å²) in [6, 6.07) is 1.78. The van der Waals surface area contributed by atoms with Crippen LogP contribution in [0.15, 0.2) is 9.85 Å². The number of hydrogen-bond acceptors (Lipinski definition) is 2. The molecule has 1 fully saturated rings. The molecule has 1 aliphatic carbocycles. The second-order valence-electron chi connectivity index (χ2n) is 3.93. The van der Waals surface area contributed by atoms with Gasteiger partial charge < -0.3 is 0 Å². The number of rotatable bonds is 2. The highest BCUT2D eigenvalue weighted by Gasteiger charge is 2.24. The lowest BCUT2D eigenvalue weighted by Gasteiger charge is -2.19. The van der Waals surface area contributed by atoms with Crippen molar-refractivity contribution in [2.24, 2.45) is 5.92 Å². The van der Waals surface area contributed by atoms with Gasteiger partial charge >= 0.3 is 0 Å². The predicted molar refractivity (Wildman–Crippen MR) is 67.9 cm³/mol. The lowest BCUT2D eigenvalue weighted by atomic mass is 9.86. The summed E-state index contributed by atoms with van der Waals surface area (Å²) in [5.41, 5.74) is 0. The number of thiophene rings is 1. The Morgan fingerprint density at radius 2 is 2.07 bits per heavy atom. The molecule has 1 nitrogen and oxygen atoms in total. The summed E-state index contributed by atoms with van der Waals surface area (Å²) in [5.74, 6) is 0.521. The molecule has 0 bridgehead atoms. The lowest BCUT2D eigenvalue weighted by molar-refractivity contribution is 0.0894. The van der Waals surface area contributed by atoms with E-state index in [1.807, 2.05) is 0 Å². The largest absolute Gasteiger partial charge is 0.293 e. The van der Waals surface area contributed by atoms with E-state index in [4.69, 9.17) is 11.6 Å². The van der Waals surface area contributed by atoms with Crippen molar-refractivity contribution in [2.45, 2.75) is 32.1 Å². The maximum absolute atomic E-state index is 12.1. The molecule has 0 unspecified atom stereocenters. The van der Waals surface area contributed by atoms with E-state index in [1.165, 1.54) is 30.6 Å². The Morgan fingerprint density at radius 1 is 1.40 bits per heavy atom. The third-order valence-electron chi connectivity index (χ3n) is 2.86. The third-order valence-corrected chi connectivity index (χ3v) is 5.35. The average Bonchev–Trinajstić information content (AvgIpc) is 2.59. The maximum Gasteiger partial charge on any atom is 0.175 e. The Labute approximate surface area is 107 Å². The quantitative estimate of drug-likeness (QED) is 0.708. The van der Waals surface area contributed by atoms with Gasteiger partial charge in [0.25, 0.3) is 0 Å². The van der Waals surface area contributed by atoms with E-state index in [1.54, 1.807) is 6.07 Å². The first kappa shape index (κ1) is 11.6. The summed E-state index contributed by atoms with van der Waals surface area (Å²) in [5, 5.41) is 0.652. The summed E-state index contributed by atoms with van der Waals surface area (Å²) in [4.78, 5) is 12.9. The van der Waals surface area contributed by atoms with Gasteiger partial charge in [-0.2, -0.15) is 0 Å². The Bertz CT molecular complexity index is 349. The van der Waals surface area contributed by atoms with Crippen molar-refractivity contribution in [1.29, 1.82) is 0 Å². The van der Waals surface area contributed by atoms with Gasteiger partial charge in [-0.3, -0.25) is 4.79 Å². The molecule has 0 N–H and O–H groups in total. The van der Waals surface area contributed by atoms with Gasteiger partial charge in [0.05, 0.1) is 13.7 Å². The minimum Gasteiger partial charge on any atom is -0.293 e. The minimum absolute atomic E-state index is 0.236. The second-order valence-corrected chi connectivity index (χ2v) is 6.71. The van der Waals surface area contributed by atoms with Crippen LogP contribution in [0.1, 0.15) is 41.8 Å². The molecule has 1 aromatic heterocycles. The minimum atomic E-state index is 0.236. The van der Waals surface area contributed by atoms with Crippen LogP contribution in [0.25, 0.3) is 0 Å². The van der Waals surface area contributed by atoms with E-state index in [0.29, 0.717) is 5.02 Å². The first-order chi connectivity index (χ1) is 7.18. The Morgan fingerprint density at radius 3 is 2.60 bits per heavy atom. The van der Waals surface area contributed by atoms with Crippen molar-refractivity contribution >= 4 is 44.7 Å². The highest BCUT2D eigenvalue weighted by atomic mass is 79.9. The van der Waals surface area contributed by atoms with Gasteiger partial charge in [0, 0.05) is 5.92 Å². The molecule has 1 saturated carbocycles. The van der Waals surface area contributed by atoms with E-state index in [0.717, 1.165) is 21.5 Å². The van der Waals surface area contributed by atoms with Crippen molar-refractivity contribution < 1.29 is 4.79 Å². The molecular weight excluding hydrogens is 296 g/mol. The molecule has 0 atom stereocenters. The van der Waals surface area contributed by atoms with Crippen molar-refractivity contribution in [2.75, 3.05) is 0 Å². The SMILES string of the molecule is O=C(c1cc(Cl)c(Br)s1)C1CCCCC1. The predicted octanol–water partition coefficient (Wildman–Crippen LogP) is 4.93. The number of carbonyl (C=O) groups excluding carboxylic acids is 1. The second kappa shape index (κ2) is 4.98. The van der Waals surface area contributed by atoms with Crippen molar-refractivity contribution in [1.82, 2.24) is 0 Å². The highest BCUT2D eigenvalue weighted by Crippen LogP contribution is 2.35. The van der Waals surface area contributed by atoms with Crippen molar-refractivity contribution in [3.63, 3.8) is 0 Å². The van der Waals surface area contributed by atoms with Gasteiger partial charge in [0.2, 0.25) is 0 Å². The molecule has 15 heavy (non-hydrogen) atoms. The van der Waals surface area contributed by atoms with E-state index in [9.17, 15) is 4.79 Å². The van der Waals surface area contributed by atoms with Gasteiger partial charge in [0.15, 0.2) is 5.78 Å². The van der Waals surface area contributed by atoms with Gasteiger partial charge in [-0.25, -0.2) is 0 Å². The molecule has 82 valence electrons. The smallest absolute Gasteiger partial charge is 0.175 e. The molecule has 4 heteroatoms. The van der Waals surface area contributed by atoms with Crippen LogP contribution in [0.4, 0.5) is 0 Å². The molecule has 0 aromatic carbocycles. The summed E-state index contributed by atoms with van der Waals surface area (Å²) in [7, 11) is 0. The summed E-state index contributed by atoms with van der Waals surface area (Å²) in [6.07, 6.45) is 5.75. The monoisotopic (exact) mass is 306 g/mol. The molecular formula is C11H12BrClOS. The maximum atomic E-state index is 12.1. The molecule has 2 rings (SSSR count). The van der Waals surface area contributed by atoms with E-state index in [-0.39, 0.29) is 11.7 Å². The van der Waals surface area contributed by atoms with Gasteiger partial charge in [-0.1, -0.05) is 30.9 Å². The van der Waals surface area contributed by atoms with Crippen LogP contribution in [0.2, 0.25) is 5.02 Å². The van der Waals surface area contributed by atoms with Crippen molar-refractivity contribution in [3.8, 4) is 0 Å².